The Labute approximate surface area is 170 Å². The SMILES string of the molecule is CC(C)N(C(C)C)P(OCCC#N)OCCCCC(=O)OCc1ccccc1. The minimum atomic E-state index is -1.22. The second-order valence-electron chi connectivity index (χ2n) is 6.98. The normalized spacial score (nSPS) is 12.4. The first-order chi connectivity index (χ1) is 13.5. The highest BCUT2D eigenvalue weighted by Gasteiger charge is 2.26. The fraction of sp³-hybridized carbons (Fsp3) is 0.619. The highest BCUT2D eigenvalue weighted by molar-refractivity contribution is 7.44. The molecule has 0 fully saturated rings. The van der Waals surface area contributed by atoms with Crippen LogP contribution in [0.2, 0.25) is 0 Å². The number of benzene rings is 1. The van der Waals surface area contributed by atoms with E-state index in [1.165, 1.54) is 0 Å². The minimum absolute atomic E-state index is 0.192. The van der Waals surface area contributed by atoms with E-state index in [-0.39, 0.29) is 18.1 Å². The van der Waals surface area contributed by atoms with Crippen LogP contribution in [0.3, 0.4) is 0 Å². The van der Waals surface area contributed by atoms with Gasteiger partial charge in [-0.2, -0.15) is 5.26 Å². The number of nitriles is 1. The molecule has 6 nitrogen and oxygen atoms in total. The van der Waals surface area contributed by atoms with Crippen molar-refractivity contribution in [1.29, 1.82) is 5.26 Å². The number of ether oxygens (including phenoxy) is 1. The van der Waals surface area contributed by atoms with Gasteiger partial charge in [0.1, 0.15) is 6.61 Å². The second kappa shape index (κ2) is 14.5. The fourth-order valence-corrected chi connectivity index (χ4v) is 4.27. The van der Waals surface area contributed by atoms with E-state index in [9.17, 15) is 4.79 Å². The molecule has 0 radical (unpaired) electrons. The van der Waals surface area contributed by atoms with Gasteiger partial charge in [0, 0.05) is 18.5 Å². The number of rotatable bonds is 14. The van der Waals surface area contributed by atoms with Crippen LogP contribution in [0.25, 0.3) is 0 Å². The van der Waals surface area contributed by atoms with Gasteiger partial charge >= 0.3 is 5.97 Å². The van der Waals surface area contributed by atoms with E-state index >= 15 is 0 Å². The van der Waals surface area contributed by atoms with Gasteiger partial charge in [-0.25, -0.2) is 4.67 Å². The van der Waals surface area contributed by atoms with Crippen LogP contribution in [0.1, 0.15) is 58.9 Å². The lowest BCUT2D eigenvalue weighted by Crippen LogP contribution is -2.33. The first-order valence-electron chi connectivity index (χ1n) is 9.86. The summed E-state index contributed by atoms with van der Waals surface area (Å²) in [5.41, 5.74) is 0.988. The molecular formula is C21H33N2O4P. The van der Waals surface area contributed by atoms with Crippen LogP contribution in [-0.4, -0.2) is 35.9 Å². The van der Waals surface area contributed by atoms with E-state index in [1.54, 1.807) is 0 Å². The molecule has 0 bridgehead atoms. The maximum Gasteiger partial charge on any atom is 0.306 e. The monoisotopic (exact) mass is 408 g/mol. The average Bonchev–Trinajstić information content (AvgIpc) is 2.66. The maximum absolute atomic E-state index is 11.9. The highest BCUT2D eigenvalue weighted by Crippen LogP contribution is 2.46. The fourth-order valence-electron chi connectivity index (χ4n) is 2.64. The molecule has 1 rings (SSSR count). The van der Waals surface area contributed by atoms with Crippen LogP contribution in [0.15, 0.2) is 30.3 Å². The van der Waals surface area contributed by atoms with Crippen LogP contribution in [0, 0.1) is 11.3 Å². The zero-order valence-corrected chi connectivity index (χ0v) is 18.4. The largest absolute Gasteiger partial charge is 0.461 e. The molecule has 0 saturated carbocycles. The molecule has 7 heteroatoms. The van der Waals surface area contributed by atoms with Gasteiger partial charge in [0.2, 0.25) is 0 Å². The van der Waals surface area contributed by atoms with Crippen molar-refractivity contribution in [2.24, 2.45) is 0 Å². The third-order valence-corrected chi connectivity index (χ3v) is 5.99. The van der Waals surface area contributed by atoms with Gasteiger partial charge in [0.15, 0.2) is 0 Å². The molecular weight excluding hydrogens is 375 g/mol. The van der Waals surface area contributed by atoms with Crippen LogP contribution in [0.5, 0.6) is 0 Å². The number of hydrogen-bond donors (Lipinski definition) is 0. The molecule has 1 unspecified atom stereocenters. The Morgan fingerprint density at radius 3 is 2.32 bits per heavy atom. The molecule has 0 heterocycles. The van der Waals surface area contributed by atoms with Crippen LogP contribution in [0.4, 0.5) is 0 Å². The summed E-state index contributed by atoms with van der Waals surface area (Å²) < 4.78 is 19.3. The van der Waals surface area contributed by atoms with Gasteiger partial charge in [-0.05, 0) is 46.1 Å². The molecule has 1 aromatic rings. The van der Waals surface area contributed by atoms with Crippen molar-refractivity contribution < 1.29 is 18.6 Å². The summed E-state index contributed by atoms with van der Waals surface area (Å²) in [5.74, 6) is -0.192. The van der Waals surface area contributed by atoms with Crippen molar-refractivity contribution in [2.45, 2.75) is 72.1 Å². The molecule has 0 aromatic heterocycles. The number of esters is 1. The Balaban J connectivity index is 2.32. The van der Waals surface area contributed by atoms with Crippen LogP contribution >= 0.6 is 8.53 Å². The lowest BCUT2D eigenvalue weighted by Gasteiger charge is -2.35. The molecule has 0 aliphatic heterocycles. The molecule has 1 atom stereocenters. The van der Waals surface area contributed by atoms with Crippen LogP contribution in [-0.2, 0) is 25.2 Å². The zero-order valence-electron chi connectivity index (χ0n) is 17.5. The molecule has 0 spiro atoms. The number of carbonyl (C=O) groups is 1. The van der Waals surface area contributed by atoms with E-state index in [1.807, 2.05) is 30.3 Å². The third kappa shape index (κ3) is 10.1. The molecule has 0 saturated heterocycles. The summed E-state index contributed by atoms with van der Waals surface area (Å²) >= 11 is 0. The molecule has 156 valence electrons. The quantitative estimate of drug-likeness (QED) is 0.240. The topological polar surface area (TPSA) is 71.8 Å². The van der Waals surface area contributed by atoms with E-state index in [0.717, 1.165) is 12.0 Å². The average molecular weight is 408 g/mol. The molecule has 0 aliphatic carbocycles. The summed E-state index contributed by atoms with van der Waals surface area (Å²) in [6.07, 6.45) is 2.18. The Hall–Kier alpha value is -1.51. The Morgan fingerprint density at radius 2 is 1.71 bits per heavy atom. The summed E-state index contributed by atoms with van der Waals surface area (Å²) in [7, 11) is -1.22. The molecule has 0 aliphatic rings. The van der Waals surface area contributed by atoms with Crippen molar-refractivity contribution >= 4 is 14.5 Å². The van der Waals surface area contributed by atoms with Crippen molar-refractivity contribution in [1.82, 2.24) is 4.67 Å². The standard InChI is InChI=1S/C21H33N2O4P/c1-18(2)23(19(3)4)28(27-16-10-14-22)26-15-9-8-13-21(24)25-17-20-11-6-5-7-12-20/h5-7,11-12,18-19H,8-10,13,15-17H2,1-4H3. The van der Waals surface area contributed by atoms with Gasteiger partial charge < -0.3 is 13.8 Å². The Morgan fingerprint density at radius 1 is 1.07 bits per heavy atom. The van der Waals surface area contributed by atoms with Crippen LogP contribution < -0.4 is 0 Å². The smallest absolute Gasteiger partial charge is 0.306 e. The van der Waals surface area contributed by atoms with Crippen molar-refractivity contribution in [2.75, 3.05) is 13.2 Å². The maximum atomic E-state index is 11.9. The van der Waals surface area contributed by atoms with Crippen molar-refractivity contribution in [3.8, 4) is 6.07 Å². The van der Waals surface area contributed by atoms with Gasteiger partial charge in [-0.15, -0.1) is 0 Å². The molecule has 0 amide bonds. The van der Waals surface area contributed by atoms with Gasteiger partial charge in [-0.3, -0.25) is 4.79 Å². The number of hydrogen-bond acceptors (Lipinski definition) is 6. The predicted molar refractivity (Wildman–Crippen MR) is 111 cm³/mol. The zero-order chi connectivity index (χ0) is 20.8. The van der Waals surface area contributed by atoms with Gasteiger partial charge in [-0.1, -0.05) is 30.3 Å². The minimum Gasteiger partial charge on any atom is -0.461 e. The first kappa shape index (κ1) is 24.5. The van der Waals surface area contributed by atoms with Gasteiger partial charge in [0.25, 0.3) is 8.53 Å². The Bertz CT molecular complexity index is 582. The third-order valence-electron chi connectivity index (χ3n) is 3.88. The highest BCUT2D eigenvalue weighted by atomic mass is 31.2. The summed E-state index contributed by atoms with van der Waals surface area (Å²) in [5, 5.41) is 8.73. The number of unbranched alkanes of at least 4 members (excludes halogenated alkanes) is 1. The first-order valence-corrected chi connectivity index (χ1v) is 11.0. The molecule has 28 heavy (non-hydrogen) atoms. The summed E-state index contributed by atoms with van der Waals surface area (Å²) in [4.78, 5) is 11.9. The van der Waals surface area contributed by atoms with E-state index in [4.69, 9.17) is 19.0 Å². The number of carbonyl (C=O) groups excluding carboxylic acids is 1. The van der Waals surface area contributed by atoms with E-state index in [2.05, 4.69) is 38.4 Å². The second-order valence-corrected chi connectivity index (χ2v) is 8.44. The Kier molecular flexibility index (Phi) is 12.7. The molecule has 1 aromatic carbocycles. The van der Waals surface area contributed by atoms with Crippen molar-refractivity contribution in [3.63, 3.8) is 0 Å². The lowest BCUT2D eigenvalue weighted by atomic mass is 10.2. The van der Waals surface area contributed by atoms with E-state index in [0.29, 0.717) is 39.1 Å². The molecule has 0 N–H and O–H groups in total. The summed E-state index contributed by atoms with van der Waals surface area (Å²) in [6.45, 7) is 9.62. The van der Waals surface area contributed by atoms with Gasteiger partial charge in [0.05, 0.1) is 25.7 Å². The van der Waals surface area contributed by atoms with E-state index < -0.39 is 8.53 Å². The number of nitrogens with zero attached hydrogens (tertiary/aromatic N) is 2. The van der Waals surface area contributed by atoms with Crippen molar-refractivity contribution in [3.05, 3.63) is 35.9 Å². The predicted octanol–water partition coefficient (Wildman–Crippen LogP) is 5.19. The lowest BCUT2D eigenvalue weighted by molar-refractivity contribution is -0.145. The summed E-state index contributed by atoms with van der Waals surface area (Å²) in [6, 6.07) is 12.3.